The molecule has 1 atom stereocenters. The van der Waals surface area contributed by atoms with Crippen LogP contribution < -0.4 is 29.6 Å². The first-order chi connectivity index (χ1) is 14.1. The summed E-state index contributed by atoms with van der Waals surface area (Å²) in [5.74, 6) is 2.76. The van der Waals surface area contributed by atoms with Crippen LogP contribution >= 0.6 is 0 Å². The van der Waals surface area contributed by atoms with Crippen molar-refractivity contribution in [2.24, 2.45) is 0 Å². The molecule has 0 aromatic heterocycles. The van der Waals surface area contributed by atoms with E-state index in [-0.39, 0.29) is 12.1 Å². The van der Waals surface area contributed by atoms with Gasteiger partial charge in [0.1, 0.15) is 0 Å². The molecule has 29 heavy (non-hydrogen) atoms. The second-order valence-corrected chi connectivity index (χ2v) is 6.84. The molecule has 2 amide bonds. The van der Waals surface area contributed by atoms with Crippen LogP contribution in [0, 0.1) is 0 Å². The summed E-state index contributed by atoms with van der Waals surface area (Å²) in [4.78, 5) is 12.4. The predicted octanol–water partition coefficient (Wildman–Crippen LogP) is 3.25. The Morgan fingerprint density at radius 1 is 0.931 bits per heavy atom. The Labute approximate surface area is 171 Å². The van der Waals surface area contributed by atoms with E-state index >= 15 is 0 Å². The molecule has 0 heterocycles. The van der Waals surface area contributed by atoms with Crippen LogP contribution in [0.1, 0.15) is 29.2 Å². The zero-order valence-electron chi connectivity index (χ0n) is 17.3. The number of benzene rings is 2. The minimum Gasteiger partial charge on any atom is -0.493 e. The fourth-order valence-corrected chi connectivity index (χ4v) is 3.65. The van der Waals surface area contributed by atoms with Crippen molar-refractivity contribution in [1.29, 1.82) is 0 Å². The first-order valence-corrected chi connectivity index (χ1v) is 9.59. The molecule has 0 radical (unpaired) electrons. The van der Waals surface area contributed by atoms with Crippen molar-refractivity contribution in [3.05, 3.63) is 47.0 Å². The summed E-state index contributed by atoms with van der Waals surface area (Å²) in [6, 6.07) is 9.48. The van der Waals surface area contributed by atoms with Gasteiger partial charge in [0.2, 0.25) is 0 Å². The van der Waals surface area contributed by atoms with Crippen LogP contribution in [0.4, 0.5) is 4.79 Å². The minimum atomic E-state index is -0.182. The predicted molar refractivity (Wildman–Crippen MR) is 110 cm³/mol. The minimum absolute atomic E-state index is 0.0362. The number of carbonyl (C=O) groups excluding carboxylic acids is 1. The summed E-state index contributed by atoms with van der Waals surface area (Å²) >= 11 is 0. The highest BCUT2D eigenvalue weighted by atomic mass is 16.5. The smallest absolute Gasteiger partial charge is 0.315 e. The third-order valence-corrected chi connectivity index (χ3v) is 5.18. The Bertz CT molecular complexity index is 869. The van der Waals surface area contributed by atoms with Crippen LogP contribution in [-0.2, 0) is 12.8 Å². The number of carbonyl (C=O) groups is 1. The molecule has 7 nitrogen and oxygen atoms in total. The zero-order valence-corrected chi connectivity index (χ0v) is 17.3. The number of fused-ring (bicyclic) bond motifs is 1. The van der Waals surface area contributed by atoms with Crippen LogP contribution in [0.15, 0.2) is 30.3 Å². The van der Waals surface area contributed by atoms with Gasteiger partial charge in [0.05, 0.1) is 34.5 Å². The van der Waals surface area contributed by atoms with Crippen molar-refractivity contribution in [2.45, 2.75) is 25.3 Å². The Balaban J connectivity index is 1.55. The highest BCUT2D eigenvalue weighted by Crippen LogP contribution is 2.39. The molecule has 1 unspecified atom stereocenters. The molecule has 0 fully saturated rings. The van der Waals surface area contributed by atoms with Crippen LogP contribution in [0.5, 0.6) is 23.0 Å². The van der Waals surface area contributed by atoms with Gasteiger partial charge in [-0.25, -0.2) is 4.79 Å². The molecule has 3 rings (SSSR count). The van der Waals surface area contributed by atoms with Gasteiger partial charge in [-0.05, 0) is 60.2 Å². The lowest BCUT2D eigenvalue weighted by atomic mass is 10.1. The molecule has 0 spiro atoms. The summed E-state index contributed by atoms with van der Waals surface area (Å²) < 4.78 is 21.3. The van der Waals surface area contributed by atoms with E-state index in [1.807, 2.05) is 30.3 Å². The Morgan fingerprint density at radius 3 is 2.28 bits per heavy atom. The Morgan fingerprint density at radius 2 is 1.59 bits per heavy atom. The number of rotatable bonds is 8. The summed E-state index contributed by atoms with van der Waals surface area (Å²) in [5.41, 5.74) is 3.32. The van der Waals surface area contributed by atoms with Gasteiger partial charge in [-0.3, -0.25) is 0 Å². The molecule has 0 aliphatic heterocycles. The number of hydrogen-bond acceptors (Lipinski definition) is 5. The highest BCUT2D eigenvalue weighted by Gasteiger charge is 2.26. The van der Waals surface area contributed by atoms with Crippen molar-refractivity contribution in [1.82, 2.24) is 10.6 Å². The molecule has 7 heteroatoms. The maximum atomic E-state index is 12.4. The summed E-state index contributed by atoms with van der Waals surface area (Å²) in [7, 11) is 6.46. The van der Waals surface area contributed by atoms with Crippen molar-refractivity contribution in [3.63, 3.8) is 0 Å². The first-order valence-electron chi connectivity index (χ1n) is 9.59. The van der Waals surface area contributed by atoms with Crippen molar-refractivity contribution in [3.8, 4) is 23.0 Å². The molecule has 2 aromatic rings. The van der Waals surface area contributed by atoms with Crippen LogP contribution in [0.3, 0.4) is 0 Å². The van der Waals surface area contributed by atoms with Gasteiger partial charge in [0.25, 0.3) is 0 Å². The monoisotopic (exact) mass is 400 g/mol. The number of amides is 2. The summed E-state index contributed by atoms with van der Waals surface area (Å²) in [6.07, 6.45) is 2.45. The molecule has 0 saturated carbocycles. The van der Waals surface area contributed by atoms with Gasteiger partial charge >= 0.3 is 6.03 Å². The number of urea groups is 1. The van der Waals surface area contributed by atoms with E-state index in [4.69, 9.17) is 18.9 Å². The molecule has 0 bridgehead atoms. The normalized spacial score (nSPS) is 14.7. The quantitative estimate of drug-likeness (QED) is 0.711. The standard InChI is InChI=1S/C22H28N2O5/c1-26-18-8-5-14(11-19(18)27-2)9-10-23-22(25)24-17-7-6-15-12-20(28-3)21(29-4)13-16(15)17/h5,8,11-13,17H,6-7,9-10H2,1-4H3,(H2,23,24,25). The summed E-state index contributed by atoms with van der Waals surface area (Å²) in [5, 5.41) is 5.99. The van der Waals surface area contributed by atoms with E-state index in [9.17, 15) is 4.79 Å². The third kappa shape index (κ3) is 4.67. The van der Waals surface area contributed by atoms with Gasteiger partial charge in [-0.1, -0.05) is 6.07 Å². The topological polar surface area (TPSA) is 78.1 Å². The first kappa shape index (κ1) is 20.6. The van der Waals surface area contributed by atoms with E-state index in [0.29, 0.717) is 36.0 Å². The van der Waals surface area contributed by atoms with Gasteiger partial charge in [-0.15, -0.1) is 0 Å². The number of aryl methyl sites for hydroxylation is 1. The van der Waals surface area contributed by atoms with Crippen LogP contribution in [0.2, 0.25) is 0 Å². The lowest BCUT2D eigenvalue weighted by Crippen LogP contribution is -2.38. The molecule has 0 saturated heterocycles. The number of methoxy groups -OCH3 is 4. The molecule has 1 aliphatic rings. The molecule has 2 N–H and O–H groups in total. The number of ether oxygens (including phenoxy) is 4. The number of hydrogen-bond donors (Lipinski definition) is 2. The zero-order chi connectivity index (χ0) is 20.8. The molecule has 156 valence electrons. The maximum Gasteiger partial charge on any atom is 0.315 e. The van der Waals surface area contributed by atoms with Crippen molar-refractivity contribution < 1.29 is 23.7 Å². The average molecular weight is 400 g/mol. The maximum absolute atomic E-state index is 12.4. The Kier molecular flexibility index (Phi) is 6.69. The van der Waals surface area contributed by atoms with E-state index < -0.39 is 0 Å². The highest BCUT2D eigenvalue weighted by molar-refractivity contribution is 5.74. The van der Waals surface area contributed by atoms with Crippen molar-refractivity contribution >= 4 is 6.03 Å². The molecular weight excluding hydrogens is 372 g/mol. The van der Waals surface area contributed by atoms with Gasteiger partial charge in [0.15, 0.2) is 23.0 Å². The van der Waals surface area contributed by atoms with E-state index in [0.717, 1.165) is 24.0 Å². The fraction of sp³-hybridized carbons (Fsp3) is 0.409. The van der Waals surface area contributed by atoms with E-state index in [1.165, 1.54) is 5.56 Å². The lowest BCUT2D eigenvalue weighted by molar-refractivity contribution is 0.237. The largest absolute Gasteiger partial charge is 0.493 e. The summed E-state index contributed by atoms with van der Waals surface area (Å²) in [6.45, 7) is 0.521. The van der Waals surface area contributed by atoms with Crippen molar-refractivity contribution in [2.75, 3.05) is 35.0 Å². The SMILES string of the molecule is COc1ccc(CCNC(=O)NC2CCc3cc(OC)c(OC)cc32)cc1OC. The second-order valence-electron chi connectivity index (χ2n) is 6.84. The van der Waals surface area contributed by atoms with E-state index in [1.54, 1.807) is 28.4 Å². The van der Waals surface area contributed by atoms with Gasteiger partial charge < -0.3 is 29.6 Å². The fourth-order valence-electron chi connectivity index (χ4n) is 3.65. The Hall–Kier alpha value is -3.09. The molecule has 2 aromatic carbocycles. The van der Waals surface area contributed by atoms with Gasteiger partial charge in [-0.2, -0.15) is 0 Å². The van der Waals surface area contributed by atoms with Gasteiger partial charge in [0, 0.05) is 6.54 Å². The molecular formula is C22H28N2O5. The third-order valence-electron chi connectivity index (χ3n) is 5.18. The van der Waals surface area contributed by atoms with E-state index in [2.05, 4.69) is 10.6 Å². The lowest BCUT2D eigenvalue weighted by Gasteiger charge is -2.17. The second kappa shape index (κ2) is 9.41. The van der Waals surface area contributed by atoms with Crippen LogP contribution in [-0.4, -0.2) is 41.0 Å². The van der Waals surface area contributed by atoms with Crippen LogP contribution in [0.25, 0.3) is 0 Å². The average Bonchev–Trinajstić information content (AvgIpc) is 3.13. The number of nitrogens with one attached hydrogen (secondary N) is 2. The molecule has 1 aliphatic carbocycles.